The summed E-state index contributed by atoms with van der Waals surface area (Å²) in [5.41, 5.74) is 11.4. The first-order valence-electron chi connectivity index (χ1n) is 15.4. The van der Waals surface area contributed by atoms with Crippen molar-refractivity contribution in [3.05, 3.63) is 164 Å². The van der Waals surface area contributed by atoms with Crippen LogP contribution >= 0.6 is 0 Å². The summed E-state index contributed by atoms with van der Waals surface area (Å²) in [6, 6.07) is 56.6. The highest BCUT2D eigenvalue weighted by molar-refractivity contribution is 5.96. The van der Waals surface area contributed by atoms with Gasteiger partial charge in [-0.25, -0.2) is 15.0 Å². The molecule has 1 aliphatic rings. The first-order valence-corrected chi connectivity index (χ1v) is 15.4. The number of hydrogen-bond acceptors (Lipinski definition) is 4. The van der Waals surface area contributed by atoms with Gasteiger partial charge in [0.05, 0.1) is 28.1 Å². The maximum atomic E-state index is 5.29. The lowest BCUT2D eigenvalue weighted by Gasteiger charge is -2.24. The Labute approximate surface area is 266 Å². The number of nitrogens with zero attached hydrogens (tertiary/aromatic N) is 5. The summed E-state index contributed by atoms with van der Waals surface area (Å²) in [5.74, 6) is 2.17. The van der Waals surface area contributed by atoms with E-state index in [1.165, 1.54) is 0 Å². The molecule has 0 unspecified atom stereocenters. The van der Waals surface area contributed by atoms with E-state index in [9.17, 15) is 0 Å². The quantitative estimate of drug-likeness (QED) is 0.205. The topological polar surface area (TPSA) is 46.8 Å². The molecule has 46 heavy (non-hydrogen) atoms. The molecule has 5 nitrogen and oxygen atoms in total. The average molecular weight is 590 g/mol. The number of para-hydroxylation sites is 4. The van der Waals surface area contributed by atoms with E-state index in [1.54, 1.807) is 0 Å². The van der Waals surface area contributed by atoms with Crippen molar-refractivity contribution >= 4 is 28.5 Å². The Morgan fingerprint density at radius 3 is 1.74 bits per heavy atom. The van der Waals surface area contributed by atoms with Gasteiger partial charge in [0.25, 0.3) is 0 Å². The molecule has 3 heterocycles. The molecule has 216 valence electrons. The fraction of sp³-hybridized carbons (Fsp3) is 0. The number of fused-ring (bicyclic) bond motifs is 7. The number of benzene rings is 6. The molecule has 6 aromatic carbocycles. The molecule has 0 amide bonds. The van der Waals surface area contributed by atoms with Crippen molar-refractivity contribution in [3.63, 3.8) is 0 Å². The van der Waals surface area contributed by atoms with Crippen LogP contribution in [0.1, 0.15) is 0 Å². The van der Waals surface area contributed by atoms with Crippen LogP contribution in [-0.4, -0.2) is 19.5 Å². The van der Waals surface area contributed by atoms with Crippen LogP contribution < -0.4 is 4.90 Å². The summed E-state index contributed by atoms with van der Waals surface area (Å²) in [5, 5.41) is 0. The fourth-order valence-electron chi connectivity index (χ4n) is 6.51. The molecule has 8 aromatic rings. The molecule has 5 heteroatoms. The lowest BCUT2D eigenvalue weighted by molar-refractivity contribution is 1.02. The molecule has 0 saturated carbocycles. The third kappa shape index (κ3) is 4.21. The normalized spacial score (nSPS) is 11.9. The van der Waals surface area contributed by atoms with Gasteiger partial charge in [-0.3, -0.25) is 9.47 Å². The lowest BCUT2D eigenvalue weighted by Crippen LogP contribution is -2.16. The van der Waals surface area contributed by atoms with E-state index in [0.717, 1.165) is 73.2 Å². The van der Waals surface area contributed by atoms with Crippen molar-refractivity contribution in [2.45, 2.75) is 0 Å². The molecule has 0 spiro atoms. The Morgan fingerprint density at radius 1 is 0.413 bits per heavy atom. The molecule has 0 N–H and O–H groups in total. The second-order valence-corrected chi connectivity index (χ2v) is 11.3. The Kier molecular flexibility index (Phi) is 6.06. The van der Waals surface area contributed by atoms with Crippen molar-refractivity contribution in [2.75, 3.05) is 4.90 Å². The van der Waals surface area contributed by atoms with Crippen molar-refractivity contribution in [1.29, 1.82) is 0 Å². The number of anilines is 3. The van der Waals surface area contributed by atoms with E-state index >= 15 is 0 Å². The molecule has 1 aliphatic heterocycles. The van der Waals surface area contributed by atoms with Gasteiger partial charge >= 0.3 is 0 Å². The largest absolute Gasteiger partial charge is 0.277 e. The first-order chi connectivity index (χ1) is 22.8. The Hall–Kier alpha value is -6.33. The van der Waals surface area contributed by atoms with Crippen LogP contribution in [-0.2, 0) is 0 Å². The molecular formula is C41H27N5. The molecule has 0 saturated heterocycles. The van der Waals surface area contributed by atoms with Crippen LogP contribution in [0.4, 0.5) is 17.5 Å². The summed E-state index contributed by atoms with van der Waals surface area (Å²) >= 11 is 0. The zero-order valence-electron chi connectivity index (χ0n) is 24.8. The van der Waals surface area contributed by atoms with Gasteiger partial charge in [-0.05, 0) is 35.4 Å². The lowest BCUT2D eigenvalue weighted by atomic mass is 9.97. The monoisotopic (exact) mass is 589 g/mol. The minimum atomic E-state index is 0.651. The van der Waals surface area contributed by atoms with E-state index in [4.69, 9.17) is 15.0 Å². The van der Waals surface area contributed by atoms with Gasteiger partial charge in [-0.15, -0.1) is 0 Å². The molecule has 9 rings (SSSR count). The molecule has 0 radical (unpaired) electrons. The van der Waals surface area contributed by atoms with E-state index in [1.807, 2.05) is 30.3 Å². The van der Waals surface area contributed by atoms with E-state index in [2.05, 4.69) is 143 Å². The van der Waals surface area contributed by atoms with Gasteiger partial charge in [0, 0.05) is 28.3 Å². The third-order valence-electron chi connectivity index (χ3n) is 8.58. The molecule has 0 aliphatic carbocycles. The molecule has 0 fully saturated rings. The van der Waals surface area contributed by atoms with E-state index in [0.29, 0.717) is 5.82 Å². The van der Waals surface area contributed by atoms with Crippen molar-refractivity contribution in [1.82, 2.24) is 19.5 Å². The third-order valence-corrected chi connectivity index (χ3v) is 8.58. The van der Waals surface area contributed by atoms with Gasteiger partial charge < -0.3 is 0 Å². The zero-order valence-corrected chi connectivity index (χ0v) is 24.8. The van der Waals surface area contributed by atoms with Crippen LogP contribution in [0.5, 0.6) is 0 Å². The smallest absolute Gasteiger partial charge is 0.221 e. The van der Waals surface area contributed by atoms with Gasteiger partial charge in [0.1, 0.15) is 5.82 Å². The van der Waals surface area contributed by atoms with Gasteiger partial charge in [-0.2, -0.15) is 0 Å². The highest BCUT2D eigenvalue weighted by Crippen LogP contribution is 2.47. The summed E-state index contributed by atoms with van der Waals surface area (Å²) in [6.07, 6.45) is 0. The molecule has 0 bridgehead atoms. The molecule has 0 atom stereocenters. The van der Waals surface area contributed by atoms with Crippen molar-refractivity contribution in [3.8, 4) is 50.6 Å². The van der Waals surface area contributed by atoms with Gasteiger partial charge in [0.15, 0.2) is 5.82 Å². The fourth-order valence-corrected chi connectivity index (χ4v) is 6.51. The van der Waals surface area contributed by atoms with Gasteiger partial charge in [0.2, 0.25) is 5.95 Å². The van der Waals surface area contributed by atoms with Crippen LogP contribution in [0.2, 0.25) is 0 Å². The van der Waals surface area contributed by atoms with Gasteiger partial charge in [-0.1, -0.05) is 133 Å². The van der Waals surface area contributed by atoms with Crippen LogP contribution in [0, 0.1) is 0 Å². The van der Waals surface area contributed by atoms with Crippen LogP contribution in [0.3, 0.4) is 0 Å². The number of aromatic nitrogens is 4. The van der Waals surface area contributed by atoms with Crippen LogP contribution in [0.15, 0.2) is 164 Å². The van der Waals surface area contributed by atoms with Crippen LogP contribution in [0.25, 0.3) is 61.6 Å². The maximum Gasteiger partial charge on any atom is 0.221 e. The second-order valence-electron chi connectivity index (χ2n) is 11.3. The summed E-state index contributed by atoms with van der Waals surface area (Å²) in [6.45, 7) is 0. The minimum absolute atomic E-state index is 0.651. The highest BCUT2D eigenvalue weighted by Gasteiger charge is 2.30. The van der Waals surface area contributed by atoms with E-state index in [-0.39, 0.29) is 0 Å². The zero-order chi connectivity index (χ0) is 30.5. The summed E-state index contributed by atoms with van der Waals surface area (Å²) in [7, 11) is 0. The average Bonchev–Trinajstić information content (AvgIpc) is 3.46. The summed E-state index contributed by atoms with van der Waals surface area (Å²) in [4.78, 5) is 18.0. The highest BCUT2D eigenvalue weighted by atomic mass is 15.4. The molecular weight excluding hydrogens is 562 g/mol. The number of rotatable bonds is 4. The Bertz CT molecular complexity index is 2380. The summed E-state index contributed by atoms with van der Waals surface area (Å²) < 4.78 is 2.26. The standard InChI is InChI=1S/C41H27N5/c1-3-15-28(16-4-1)30-19-7-8-20-31(30)35-27-39(44-40(42-35)29-17-5-2-6-18-29)46-37-25-13-10-22-33(37)32-21-9-12-24-36(32)45-38-26-14-11-23-34(38)43-41(45)46/h1-27H. The minimum Gasteiger partial charge on any atom is -0.277 e. The Balaban J connectivity index is 1.37. The van der Waals surface area contributed by atoms with Crippen molar-refractivity contribution in [2.24, 2.45) is 0 Å². The second kappa shape index (κ2) is 10.7. The maximum absolute atomic E-state index is 5.29. The number of hydrogen-bond donors (Lipinski definition) is 0. The molecule has 2 aromatic heterocycles. The SMILES string of the molecule is c1ccc(-c2nc(-c3ccccc3-c3ccccc3)cc(N3c4ccccc4-c4ccccc4-n4c3nc3ccccc34)n2)cc1. The van der Waals surface area contributed by atoms with E-state index < -0.39 is 0 Å². The predicted molar refractivity (Wildman–Crippen MR) is 187 cm³/mol. The predicted octanol–water partition coefficient (Wildman–Crippen LogP) is 10.3. The first kappa shape index (κ1) is 26.1. The van der Waals surface area contributed by atoms with Crippen molar-refractivity contribution < 1.29 is 0 Å². The number of imidazole rings is 1. The Morgan fingerprint density at radius 2 is 0.978 bits per heavy atom.